The van der Waals surface area contributed by atoms with Gasteiger partial charge in [-0.15, -0.1) is 11.3 Å². The van der Waals surface area contributed by atoms with Crippen LogP contribution in [0.25, 0.3) is 0 Å². The van der Waals surface area contributed by atoms with Crippen molar-refractivity contribution in [2.75, 3.05) is 20.1 Å². The number of hydrogen-bond donors (Lipinski definition) is 1. The van der Waals surface area contributed by atoms with Gasteiger partial charge in [-0.2, -0.15) is 0 Å². The van der Waals surface area contributed by atoms with Gasteiger partial charge < -0.3 is 10.0 Å². The van der Waals surface area contributed by atoms with E-state index < -0.39 is 12.0 Å². The summed E-state index contributed by atoms with van der Waals surface area (Å²) in [5.74, 6) is -0.950. The van der Waals surface area contributed by atoms with Gasteiger partial charge in [0.1, 0.15) is 6.04 Å². The molecule has 6 nitrogen and oxygen atoms in total. The number of piperazine rings is 1. The Morgan fingerprint density at radius 1 is 1.63 bits per heavy atom. The number of carboxylic acids is 1. The van der Waals surface area contributed by atoms with Crippen LogP contribution in [0.2, 0.25) is 0 Å². The SMILES string of the molecule is CCc1nc(CN2CC(=O)N(C)CC2C(=O)O)cs1. The number of amides is 1. The van der Waals surface area contributed by atoms with E-state index in [9.17, 15) is 14.7 Å². The number of carboxylic acid groups (broad SMARTS) is 1. The summed E-state index contributed by atoms with van der Waals surface area (Å²) in [5, 5.41) is 12.2. The summed E-state index contributed by atoms with van der Waals surface area (Å²) in [5.41, 5.74) is 0.838. The van der Waals surface area contributed by atoms with Crippen LogP contribution in [0.5, 0.6) is 0 Å². The van der Waals surface area contributed by atoms with Crippen molar-refractivity contribution >= 4 is 23.2 Å². The molecule has 2 heterocycles. The number of hydrogen-bond acceptors (Lipinski definition) is 5. The third-order valence-corrected chi connectivity index (χ3v) is 4.25. The predicted octanol–water partition coefficient (Wildman–Crippen LogP) is 0.433. The van der Waals surface area contributed by atoms with Gasteiger partial charge in [-0.3, -0.25) is 14.5 Å². The van der Waals surface area contributed by atoms with E-state index in [2.05, 4.69) is 4.98 Å². The summed E-state index contributed by atoms with van der Waals surface area (Å²) >= 11 is 1.57. The topological polar surface area (TPSA) is 73.7 Å². The fraction of sp³-hybridized carbons (Fsp3) is 0.583. The van der Waals surface area contributed by atoms with Crippen LogP contribution in [0.3, 0.4) is 0 Å². The lowest BCUT2D eigenvalue weighted by molar-refractivity contribution is -0.151. The molecule has 7 heteroatoms. The van der Waals surface area contributed by atoms with E-state index in [1.807, 2.05) is 12.3 Å². The molecule has 19 heavy (non-hydrogen) atoms. The van der Waals surface area contributed by atoms with Gasteiger partial charge in [-0.05, 0) is 6.42 Å². The fourth-order valence-corrected chi connectivity index (χ4v) is 2.81. The molecule has 1 N–H and O–H groups in total. The molecule has 1 amide bonds. The van der Waals surface area contributed by atoms with E-state index in [1.165, 1.54) is 4.90 Å². The van der Waals surface area contributed by atoms with Crippen molar-refractivity contribution < 1.29 is 14.7 Å². The standard InChI is InChI=1S/C12H17N3O3S/c1-3-10-13-8(7-19-10)4-15-6-11(16)14(2)5-9(15)12(17)18/h7,9H,3-6H2,1-2H3,(H,17,18). The minimum Gasteiger partial charge on any atom is -0.480 e. The number of likely N-dealkylation sites (N-methyl/N-ethyl adjacent to an activating group) is 1. The number of aliphatic carboxylic acids is 1. The van der Waals surface area contributed by atoms with Gasteiger partial charge in [0.2, 0.25) is 5.91 Å². The minimum atomic E-state index is -0.898. The minimum absolute atomic E-state index is 0.0524. The Labute approximate surface area is 115 Å². The summed E-state index contributed by atoms with van der Waals surface area (Å²) in [6.45, 7) is 2.79. The van der Waals surface area contributed by atoms with E-state index >= 15 is 0 Å². The summed E-state index contributed by atoms with van der Waals surface area (Å²) in [6.07, 6.45) is 0.870. The average Bonchev–Trinajstić information content (AvgIpc) is 2.81. The maximum Gasteiger partial charge on any atom is 0.322 e. The van der Waals surface area contributed by atoms with E-state index in [0.717, 1.165) is 17.1 Å². The maximum atomic E-state index is 11.7. The number of thiazole rings is 1. The summed E-state index contributed by atoms with van der Waals surface area (Å²) in [4.78, 5) is 30.5. The van der Waals surface area contributed by atoms with Crippen molar-refractivity contribution in [1.29, 1.82) is 0 Å². The molecule has 1 atom stereocenters. The van der Waals surface area contributed by atoms with Gasteiger partial charge in [0, 0.05) is 25.5 Å². The molecule has 0 aliphatic carbocycles. The Morgan fingerprint density at radius 3 is 2.95 bits per heavy atom. The second-order valence-corrected chi connectivity index (χ2v) is 5.56. The highest BCUT2D eigenvalue weighted by Crippen LogP contribution is 2.17. The molecule has 1 saturated heterocycles. The van der Waals surface area contributed by atoms with Gasteiger partial charge in [0.15, 0.2) is 0 Å². The Kier molecular flexibility index (Phi) is 4.16. The Bertz CT molecular complexity index is 488. The van der Waals surface area contributed by atoms with Crippen LogP contribution >= 0.6 is 11.3 Å². The fourth-order valence-electron chi connectivity index (χ4n) is 2.07. The van der Waals surface area contributed by atoms with Crippen molar-refractivity contribution in [3.63, 3.8) is 0 Å². The first-order chi connectivity index (χ1) is 9.01. The van der Waals surface area contributed by atoms with E-state index in [1.54, 1.807) is 23.3 Å². The van der Waals surface area contributed by atoms with Crippen LogP contribution < -0.4 is 0 Å². The van der Waals surface area contributed by atoms with Crippen LogP contribution in [0.15, 0.2) is 5.38 Å². The molecule has 1 aliphatic heterocycles. The lowest BCUT2D eigenvalue weighted by Gasteiger charge is -2.36. The van der Waals surface area contributed by atoms with Gasteiger partial charge in [-0.25, -0.2) is 4.98 Å². The normalized spacial score (nSPS) is 20.8. The van der Waals surface area contributed by atoms with Crippen LogP contribution in [-0.2, 0) is 22.6 Å². The largest absolute Gasteiger partial charge is 0.480 e. The molecule has 2 rings (SSSR count). The predicted molar refractivity (Wildman–Crippen MR) is 71.0 cm³/mol. The molecule has 0 saturated carbocycles. The molecular formula is C12H17N3O3S. The molecule has 0 aromatic carbocycles. The highest BCUT2D eigenvalue weighted by Gasteiger charge is 2.35. The smallest absolute Gasteiger partial charge is 0.322 e. The number of aryl methyl sites for hydroxylation is 1. The monoisotopic (exact) mass is 283 g/mol. The Balaban J connectivity index is 2.11. The average molecular weight is 283 g/mol. The second-order valence-electron chi connectivity index (χ2n) is 4.62. The summed E-state index contributed by atoms with van der Waals surface area (Å²) < 4.78 is 0. The second kappa shape index (κ2) is 5.66. The van der Waals surface area contributed by atoms with Crippen LogP contribution in [-0.4, -0.2) is 57.9 Å². The number of nitrogens with zero attached hydrogens (tertiary/aromatic N) is 3. The summed E-state index contributed by atoms with van der Waals surface area (Å²) in [6, 6.07) is -0.658. The molecule has 0 bridgehead atoms. The van der Waals surface area contributed by atoms with E-state index in [4.69, 9.17) is 0 Å². The molecular weight excluding hydrogens is 266 g/mol. The quantitative estimate of drug-likeness (QED) is 0.867. The Morgan fingerprint density at radius 2 is 2.37 bits per heavy atom. The molecule has 1 unspecified atom stereocenters. The van der Waals surface area contributed by atoms with Crippen molar-refractivity contribution in [2.24, 2.45) is 0 Å². The number of aromatic nitrogens is 1. The molecule has 0 radical (unpaired) electrons. The molecule has 1 aromatic heterocycles. The number of rotatable bonds is 4. The van der Waals surface area contributed by atoms with Gasteiger partial charge in [0.25, 0.3) is 0 Å². The first-order valence-corrected chi connectivity index (χ1v) is 7.03. The van der Waals surface area contributed by atoms with Gasteiger partial charge in [-0.1, -0.05) is 6.92 Å². The zero-order valence-corrected chi connectivity index (χ0v) is 11.8. The molecule has 1 aliphatic rings. The maximum absolute atomic E-state index is 11.7. The van der Waals surface area contributed by atoms with Crippen molar-refractivity contribution in [3.05, 3.63) is 16.1 Å². The van der Waals surface area contributed by atoms with Crippen LogP contribution in [0.4, 0.5) is 0 Å². The first kappa shape index (κ1) is 14.0. The van der Waals surface area contributed by atoms with Gasteiger partial charge >= 0.3 is 5.97 Å². The third kappa shape index (κ3) is 3.10. The van der Waals surface area contributed by atoms with Crippen LogP contribution in [0.1, 0.15) is 17.6 Å². The van der Waals surface area contributed by atoms with Crippen molar-refractivity contribution in [2.45, 2.75) is 25.9 Å². The molecule has 0 spiro atoms. The third-order valence-electron chi connectivity index (χ3n) is 3.20. The lowest BCUT2D eigenvalue weighted by Crippen LogP contribution is -2.57. The van der Waals surface area contributed by atoms with E-state index in [-0.39, 0.29) is 19.0 Å². The van der Waals surface area contributed by atoms with Gasteiger partial charge in [0.05, 0.1) is 17.2 Å². The highest BCUT2D eigenvalue weighted by molar-refractivity contribution is 7.09. The molecule has 1 fully saturated rings. The van der Waals surface area contributed by atoms with E-state index in [0.29, 0.717) is 6.54 Å². The molecule has 1 aromatic rings. The highest BCUT2D eigenvalue weighted by atomic mass is 32.1. The lowest BCUT2D eigenvalue weighted by atomic mass is 10.1. The number of carbonyl (C=O) groups excluding carboxylic acids is 1. The molecule has 104 valence electrons. The zero-order chi connectivity index (χ0) is 14.0. The zero-order valence-electron chi connectivity index (χ0n) is 11.0. The Hall–Kier alpha value is -1.47. The first-order valence-electron chi connectivity index (χ1n) is 6.15. The van der Waals surface area contributed by atoms with Crippen molar-refractivity contribution in [1.82, 2.24) is 14.8 Å². The summed E-state index contributed by atoms with van der Waals surface area (Å²) in [7, 11) is 1.63. The van der Waals surface area contributed by atoms with Crippen molar-refractivity contribution in [3.8, 4) is 0 Å². The van der Waals surface area contributed by atoms with Crippen LogP contribution in [0, 0.1) is 0 Å². The number of carbonyl (C=O) groups is 2.